The first-order valence-corrected chi connectivity index (χ1v) is 7.37. The van der Waals surface area contributed by atoms with Gasteiger partial charge in [-0.1, -0.05) is 25.1 Å². The van der Waals surface area contributed by atoms with E-state index >= 15 is 0 Å². The molecule has 1 atom stereocenters. The first-order chi connectivity index (χ1) is 9.93. The van der Waals surface area contributed by atoms with Gasteiger partial charge in [0, 0.05) is 17.0 Å². The molecule has 0 spiro atoms. The number of benzene rings is 1. The van der Waals surface area contributed by atoms with Crippen LogP contribution in [0.1, 0.15) is 30.1 Å². The van der Waals surface area contributed by atoms with Crippen LogP contribution in [0.2, 0.25) is 0 Å². The topological polar surface area (TPSA) is 66.4 Å². The fourth-order valence-corrected chi connectivity index (χ4v) is 2.27. The van der Waals surface area contributed by atoms with Gasteiger partial charge >= 0.3 is 5.97 Å². The van der Waals surface area contributed by atoms with Gasteiger partial charge in [0.05, 0.1) is 5.92 Å². The molecule has 1 unspecified atom stereocenters. The van der Waals surface area contributed by atoms with Crippen molar-refractivity contribution in [3.8, 4) is 0 Å². The van der Waals surface area contributed by atoms with Crippen molar-refractivity contribution in [1.82, 2.24) is 5.32 Å². The summed E-state index contributed by atoms with van der Waals surface area (Å²) in [7, 11) is 0. The Morgan fingerprint density at radius 1 is 1.29 bits per heavy atom. The van der Waals surface area contributed by atoms with E-state index in [1.165, 1.54) is 24.3 Å². The molecule has 0 saturated carbocycles. The van der Waals surface area contributed by atoms with Crippen LogP contribution >= 0.6 is 11.8 Å². The van der Waals surface area contributed by atoms with E-state index in [0.29, 0.717) is 35.1 Å². The number of rotatable bonds is 8. The van der Waals surface area contributed by atoms with Crippen LogP contribution in [0.3, 0.4) is 0 Å². The molecule has 7 heteroatoms. The molecule has 0 saturated heterocycles. The molecule has 1 aromatic rings. The number of alkyl halides is 2. The van der Waals surface area contributed by atoms with Crippen LogP contribution in [0.5, 0.6) is 0 Å². The van der Waals surface area contributed by atoms with E-state index in [0.717, 1.165) is 0 Å². The zero-order valence-electron chi connectivity index (χ0n) is 11.5. The Bertz CT molecular complexity index is 480. The molecule has 1 amide bonds. The third-order valence-electron chi connectivity index (χ3n) is 2.84. The second-order valence-corrected chi connectivity index (χ2v) is 5.50. The van der Waals surface area contributed by atoms with Crippen molar-refractivity contribution in [1.29, 1.82) is 0 Å². The highest BCUT2D eigenvalue weighted by atomic mass is 32.2. The molecule has 0 aliphatic rings. The molecule has 0 aliphatic heterocycles. The van der Waals surface area contributed by atoms with Crippen LogP contribution in [0, 0.1) is 5.92 Å². The number of thioether (sulfide) groups is 1. The smallest absolute Gasteiger partial charge is 0.308 e. The standard InChI is InChI=1S/C14H17F2NO3S/c1-2-3-10(13(19)20)8-17-12(18)9-4-6-11(7-5-9)21-14(15)16/h4-7,10,14H,2-3,8H2,1H3,(H,17,18)(H,19,20). The molecule has 2 N–H and O–H groups in total. The summed E-state index contributed by atoms with van der Waals surface area (Å²) in [4.78, 5) is 23.2. The zero-order chi connectivity index (χ0) is 15.8. The Hall–Kier alpha value is -1.63. The number of hydrogen-bond acceptors (Lipinski definition) is 3. The maximum atomic E-state index is 12.2. The van der Waals surface area contributed by atoms with Crippen LogP contribution in [0.15, 0.2) is 29.2 Å². The minimum Gasteiger partial charge on any atom is -0.481 e. The molecule has 0 radical (unpaired) electrons. The summed E-state index contributed by atoms with van der Waals surface area (Å²) in [6, 6.07) is 5.75. The Balaban J connectivity index is 2.57. The highest BCUT2D eigenvalue weighted by molar-refractivity contribution is 7.99. The third kappa shape index (κ3) is 6.12. The number of carbonyl (C=O) groups is 2. The lowest BCUT2D eigenvalue weighted by atomic mass is 10.0. The highest BCUT2D eigenvalue weighted by Gasteiger charge is 2.17. The fourth-order valence-electron chi connectivity index (χ4n) is 1.77. The quantitative estimate of drug-likeness (QED) is 0.722. The first-order valence-electron chi connectivity index (χ1n) is 6.50. The van der Waals surface area contributed by atoms with Crippen molar-refractivity contribution in [3.05, 3.63) is 29.8 Å². The van der Waals surface area contributed by atoms with Gasteiger partial charge in [0.2, 0.25) is 0 Å². The summed E-state index contributed by atoms with van der Waals surface area (Å²) < 4.78 is 24.3. The van der Waals surface area contributed by atoms with Crippen LogP contribution in [-0.4, -0.2) is 29.3 Å². The van der Waals surface area contributed by atoms with Gasteiger partial charge in [-0.3, -0.25) is 9.59 Å². The largest absolute Gasteiger partial charge is 0.481 e. The Kier molecular flexibility index (Phi) is 7.14. The molecule has 0 aliphatic carbocycles. The average Bonchev–Trinajstić information content (AvgIpc) is 2.43. The SMILES string of the molecule is CCCC(CNC(=O)c1ccc(SC(F)F)cc1)C(=O)O. The number of hydrogen-bond donors (Lipinski definition) is 2. The molecule has 1 rings (SSSR count). The van der Waals surface area contributed by atoms with Gasteiger partial charge in [-0.05, 0) is 30.7 Å². The average molecular weight is 317 g/mol. The summed E-state index contributed by atoms with van der Waals surface area (Å²) in [6.07, 6.45) is 1.20. The van der Waals surface area contributed by atoms with Gasteiger partial charge in [-0.25, -0.2) is 0 Å². The van der Waals surface area contributed by atoms with Crippen LogP contribution < -0.4 is 5.32 Å². The molecule has 0 fully saturated rings. The fraction of sp³-hybridized carbons (Fsp3) is 0.429. The van der Waals surface area contributed by atoms with Crippen molar-refractivity contribution < 1.29 is 23.5 Å². The predicted octanol–water partition coefficient (Wildman–Crippen LogP) is 3.23. The molecule has 0 heterocycles. The zero-order valence-corrected chi connectivity index (χ0v) is 12.3. The molecule has 0 aromatic heterocycles. The summed E-state index contributed by atoms with van der Waals surface area (Å²) >= 11 is 0.405. The van der Waals surface area contributed by atoms with Crippen LogP contribution in [-0.2, 0) is 4.79 Å². The Morgan fingerprint density at radius 3 is 2.38 bits per heavy atom. The minimum atomic E-state index is -2.50. The molecule has 1 aromatic carbocycles. The monoisotopic (exact) mass is 317 g/mol. The number of aliphatic carboxylic acids is 1. The lowest BCUT2D eigenvalue weighted by molar-refractivity contribution is -0.141. The summed E-state index contributed by atoms with van der Waals surface area (Å²) in [5, 5.41) is 11.5. The highest BCUT2D eigenvalue weighted by Crippen LogP contribution is 2.25. The van der Waals surface area contributed by atoms with E-state index in [1.54, 1.807) is 0 Å². The summed E-state index contributed by atoms with van der Waals surface area (Å²) in [6.45, 7) is 1.92. The Morgan fingerprint density at radius 2 is 1.90 bits per heavy atom. The van der Waals surface area contributed by atoms with E-state index in [4.69, 9.17) is 5.11 Å². The number of nitrogens with one attached hydrogen (secondary N) is 1. The van der Waals surface area contributed by atoms with E-state index < -0.39 is 23.6 Å². The van der Waals surface area contributed by atoms with Gasteiger partial charge in [0.15, 0.2) is 0 Å². The first kappa shape index (κ1) is 17.4. The maximum absolute atomic E-state index is 12.2. The molecular weight excluding hydrogens is 300 g/mol. The number of carbonyl (C=O) groups excluding carboxylic acids is 1. The van der Waals surface area contributed by atoms with Crippen LogP contribution in [0.25, 0.3) is 0 Å². The number of halogens is 2. The van der Waals surface area contributed by atoms with E-state index in [1.807, 2.05) is 6.92 Å². The lowest BCUT2D eigenvalue weighted by Gasteiger charge is -2.12. The number of amides is 1. The van der Waals surface area contributed by atoms with Gasteiger partial charge in [-0.2, -0.15) is 8.78 Å². The molecule has 116 valence electrons. The molecule has 0 bridgehead atoms. The van der Waals surface area contributed by atoms with E-state index in [-0.39, 0.29) is 6.54 Å². The third-order valence-corrected chi connectivity index (χ3v) is 3.56. The minimum absolute atomic E-state index is 0.0511. The van der Waals surface area contributed by atoms with Gasteiger partial charge in [0.25, 0.3) is 11.7 Å². The summed E-state index contributed by atoms with van der Waals surface area (Å²) in [5.74, 6) is -4.48. The van der Waals surface area contributed by atoms with Crippen molar-refractivity contribution in [3.63, 3.8) is 0 Å². The molecular formula is C14H17F2NO3S. The van der Waals surface area contributed by atoms with Crippen molar-refractivity contribution in [2.75, 3.05) is 6.54 Å². The lowest BCUT2D eigenvalue weighted by Crippen LogP contribution is -2.32. The van der Waals surface area contributed by atoms with Crippen LogP contribution in [0.4, 0.5) is 8.78 Å². The summed E-state index contributed by atoms with van der Waals surface area (Å²) in [5.41, 5.74) is 0.314. The second-order valence-electron chi connectivity index (χ2n) is 4.44. The maximum Gasteiger partial charge on any atom is 0.308 e. The second kappa shape index (κ2) is 8.61. The molecule has 21 heavy (non-hydrogen) atoms. The van der Waals surface area contributed by atoms with Gasteiger partial charge < -0.3 is 10.4 Å². The van der Waals surface area contributed by atoms with Crippen molar-refractivity contribution >= 4 is 23.6 Å². The Labute approximate surface area is 125 Å². The number of carboxylic acids is 1. The van der Waals surface area contributed by atoms with Crippen molar-refractivity contribution in [2.24, 2.45) is 5.92 Å². The van der Waals surface area contributed by atoms with E-state index in [2.05, 4.69) is 5.32 Å². The van der Waals surface area contributed by atoms with Gasteiger partial charge in [-0.15, -0.1) is 0 Å². The van der Waals surface area contributed by atoms with Crippen molar-refractivity contribution in [2.45, 2.75) is 30.4 Å². The normalized spacial score (nSPS) is 12.2. The van der Waals surface area contributed by atoms with E-state index in [9.17, 15) is 18.4 Å². The van der Waals surface area contributed by atoms with Gasteiger partial charge in [0.1, 0.15) is 0 Å². The predicted molar refractivity (Wildman–Crippen MR) is 76.7 cm³/mol. The number of carboxylic acid groups (broad SMARTS) is 1. The molecule has 4 nitrogen and oxygen atoms in total.